The van der Waals surface area contributed by atoms with E-state index in [0.717, 1.165) is 68.9 Å². The number of piperidine rings is 1. The summed E-state index contributed by atoms with van der Waals surface area (Å²) < 4.78 is 11.6. The maximum Gasteiger partial charge on any atom is 0.251 e. The third-order valence-corrected chi connectivity index (χ3v) is 6.54. The van der Waals surface area contributed by atoms with E-state index >= 15 is 0 Å². The molecule has 2 saturated heterocycles. The zero-order valence-corrected chi connectivity index (χ0v) is 16.3. The van der Waals surface area contributed by atoms with Crippen LogP contribution < -0.4 is 5.56 Å². The van der Waals surface area contributed by atoms with Crippen molar-refractivity contribution in [3.8, 4) is 10.4 Å². The molecule has 2 aromatic heterocycles. The molecule has 2 aliphatic rings. The van der Waals surface area contributed by atoms with Gasteiger partial charge in [-0.05, 0) is 31.5 Å². The molecule has 4 rings (SSSR count). The fraction of sp³-hybridized carbons (Fsp3) is 0.550. The van der Waals surface area contributed by atoms with Gasteiger partial charge in [0.25, 0.3) is 5.56 Å². The van der Waals surface area contributed by atoms with Gasteiger partial charge in [-0.25, -0.2) is 0 Å². The fourth-order valence-corrected chi connectivity index (χ4v) is 4.97. The number of H-pyrrole nitrogens is 1. The van der Waals surface area contributed by atoms with Gasteiger partial charge in [0.05, 0.1) is 13.2 Å². The Morgan fingerprint density at radius 3 is 2.65 bits per heavy atom. The Labute approximate surface area is 157 Å². The summed E-state index contributed by atoms with van der Waals surface area (Å²) in [5.74, 6) is -0.305. The maximum atomic E-state index is 11.9. The molecule has 2 aliphatic heterocycles. The maximum absolute atomic E-state index is 11.9. The summed E-state index contributed by atoms with van der Waals surface area (Å²) in [6, 6.07) is 6.43. The number of hydrogen-bond donors (Lipinski definition) is 1. The van der Waals surface area contributed by atoms with Crippen molar-refractivity contribution in [2.45, 2.75) is 45.4 Å². The van der Waals surface area contributed by atoms with Crippen molar-refractivity contribution in [2.24, 2.45) is 0 Å². The minimum absolute atomic E-state index is 0.0316. The van der Waals surface area contributed by atoms with Gasteiger partial charge < -0.3 is 14.5 Å². The molecule has 5 nitrogen and oxygen atoms in total. The van der Waals surface area contributed by atoms with Crippen LogP contribution in [0.4, 0.5) is 0 Å². The Hall–Kier alpha value is -1.47. The lowest BCUT2D eigenvalue weighted by molar-refractivity contribution is -0.185. The van der Waals surface area contributed by atoms with Gasteiger partial charge in [-0.1, -0.05) is 6.92 Å². The molecule has 1 spiro atoms. The number of pyridine rings is 1. The van der Waals surface area contributed by atoms with Gasteiger partial charge in [-0.3, -0.25) is 9.69 Å². The summed E-state index contributed by atoms with van der Waals surface area (Å²) >= 11 is 1.82. The zero-order chi connectivity index (χ0) is 18.1. The lowest BCUT2D eigenvalue weighted by Gasteiger charge is -2.37. The van der Waals surface area contributed by atoms with E-state index in [0.29, 0.717) is 0 Å². The van der Waals surface area contributed by atoms with Crippen LogP contribution in [0.3, 0.4) is 0 Å². The highest BCUT2D eigenvalue weighted by molar-refractivity contribution is 7.15. The fourth-order valence-electron chi connectivity index (χ4n) is 3.85. The third kappa shape index (κ3) is 3.51. The molecule has 0 aliphatic carbocycles. The number of aromatic amines is 1. The number of hydrogen-bond acceptors (Lipinski definition) is 5. The van der Waals surface area contributed by atoms with E-state index in [1.54, 1.807) is 0 Å². The number of nitrogens with zero attached hydrogens (tertiary/aromatic N) is 1. The second kappa shape index (κ2) is 7.27. The van der Waals surface area contributed by atoms with Crippen LogP contribution >= 0.6 is 11.3 Å². The predicted octanol–water partition coefficient (Wildman–Crippen LogP) is 3.31. The minimum Gasteiger partial charge on any atom is -0.347 e. The van der Waals surface area contributed by atoms with E-state index in [1.165, 1.54) is 9.75 Å². The highest BCUT2D eigenvalue weighted by Crippen LogP contribution is 2.34. The largest absolute Gasteiger partial charge is 0.347 e. The van der Waals surface area contributed by atoms with Crippen LogP contribution in [0, 0.1) is 6.92 Å². The average Bonchev–Trinajstić information content (AvgIpc) is 3.27. The van der Waals surface area contributed by atoms with E-state index in [2.05, 4.69) is 22.0 Å². The third-order valence-electron chi connectivity index (χ3n) is 5.43. The van der Waals surface area contributed by atoms with E-state index in [-0.39, 0.29) is 11.3 Å². The first-order chi connectivity index (χ1) is 12.6. The lowest BCUT2D eigenvalue weighted by Crippen LogP contribution is -2.44. The smallest absolute Gasteiger partial charge is 0.251 e. The van der Waals surface area contributed by atoms with E-state index < -0.39 is 0 Å². The van der Waals surface area contributed by atoms with Crippen LogP contribution in [0.5, 0.6) is 0 Å². The SMILES string of the molecule is CCc1cc(-c2ccc(CN3CCC4(CC3)OCCO4)s2)c(C)[nH]c1=O. The van der Waals surface area contributed by atoms with Gasteiger partial charge in [0.2, 0.25) is 0 Å². The van der Waals surface area contributed by atoms with Gasteiger partial charge in [0, 0.05) is 59.1 Å². The van der Waals surface area contributed by atoms with Crippen molar-refractivity contribution in [3.05, 3.63) is 44.7 Å². The number of aromatic nitrogens is 1. The van der Waals surface area contributed by atoms with Crippen molar-refractivity contribution >= 4 is 11.3 Å². The molecule has 2 aromatic rings. The summed E-state index contributed by atoms with van der Waals surface area (Å²) in [6.45, 7) is 8.42. The first-order valence-corrected chi connectivity index (χ1v) is 10.2. The number of nitrogens with one attached hydrogen (secondary N) is 1. The van der Waals surface area contributed by atoms with Gasteiger partial charge >= 0.3 is 0 Å². The molecule has 0 amide bonds. The standard InChI is InChI=1S/C20H26N2O3S/c1-3-15-12-17(14(2)21-19(15)23)18-5-4-16(26-18)13-22-8-6-20(7-9-22)24-10-11-25-20/h4-5,12H,3,6-11,13H2,1-2H3,(H,21,23). The molecule has 6 heteroatoms. The molecule has 26 heavy (non-hydrogen) atoms. The second-order valence-corrected chi connectivity index (χ2v) is 8.33. The van der Waals surface area contributed by atoms with Crippen molar-refractivity contribution in [3.63, 3.8) is 0 Å². The van der Waals surface area contributed by atoms with Gasteiger partial charge in [-0.2, -0.15) is 0 Å². The van der Waals surface area contributed by atoms with Gasteiger partial charge in [0.15, 0.2) is 5.79 Å². The number of ether oxygens (including phenoxy) is 2. The Bertz CT molecular complexity index is 826. The Morgan fingerprint density at radius 1 is 1.23 bits per heavy atom. The lowest BCUT2D eigenvalue weighted by atomic mass is 10.0. The molecule has 0 aromatic carbocycles. The Balaban J connectivity index is 1.45. The summed E-state index contributed by atoms with van der Waals surface area (Å²) in [5.41, 5.74) is 2.96. The normalized spacial score (nSPS) is 20.1. The summed E-state index contributed by atoms with van der Waals surface area (Å²) in [5, 5.41) is 0. The van der Waals surface area contributed by atoms with Crippen LogP contribution in [-0.2, 0) is 22.4 Å². The highest BCUT2D eigenvalue weighted by atomic mass is 32.1. The van der Waals surface area contributed by atoms with Crippen LogP contribution in [0.15, 0.2) is 23.0 Å². The molecule has 0 atom stereocenters. The molecule has 0 radical (unpaired) electrons. The van der Waals surface area contributed by atoms with Crippen molar-refractivity contribution < 1.29 is 9.47 Å². The highest BCUT2D eigenvalue weighted by Gasteiger charge is 2.39. The second-order valence-electron chi connectivity index (χ2n) is 7.17. The molecule has 0 saturated carbocycles. The van der Waals surface area contributed by atoms with Gasteiger partial charge in [-0.15, -0.1) is 11.3 Å². The molecule has 2 fully saturated rings. The Morgan fingerprint density at radius 2 is 1.96 bits per heavy atom. The summed E-state index contributed by atoms with van der Waals surface area (Å²) in [6.07, 6.45) is 2.65. The molecular weight excluding hydrogens is 348 g/mol. The first-order valence-electron chi connectivity index (χ1n) is 9.41. The molecular formula is C20H26N2O3S. The van der Waals surface area contributed by atoms with Crippen molar-refractivity contribution in [1.82, 2.24) is 9.88 Å². The van der Waals surface area contributed by atoms with Crippen LogP contribution in [0.1, 0.15) is 35.9 Å². The molecule has 0 unspecified atom stereocenters. The topological polar surface area (TPSA) is 54.6 Å². The van der Waals surface area contributed by atoms with Gasteiger partial charge in [0.1, 0.15) is 0 Å². The zero-order valence-electron chi connectivity index (χ0n) is 15.5. The monoisotopic (exact) mass is 374 g/mol. The molecule has 0 bridgehead atoms. The minimum atomic E-state index is -0.305. The summed E-state index contributed by atoms with van der Waals surface area (Å²) in [4.78, 5) is 20.0. The predicted molar refractivity (Wildman–Crippen MR) is 104 cm³/mol. The van der Waals surface area contributed by atoms with Crippen LogP contribution in [0.2, 0.25) is 0 Å². The number of likely N-dealkylation sites (tertiary alicyclic amines) is 1. The van der Waals surface area contributed by atoms with E-state index in [9.17, 15) is 4.79 Å². The number of aryl methyl sites for hydroxylation is 2. The quantitative estimate of drug-likeness (QED) is 0.892. The number of thiophene rings is 1. The van der Waals surface area contributed by atoms with Crippen LogP contribution in [-0.4, -0.2) is 42.0 Å². The van der Waals surface area contributed by atoms with Crippen molar-refractivity contribution in [1.29, 1.82) is 0 Å². The Kier molecular flexibility index (Phi) is 5.01. The van der Waals surface area contributed by atoms with Crippen molar-refractivity contribution in [2.75, 3.05) is 26.3 Å². The molecule has 4 heterocycles. The average molecular weight is 375 g/mol. The summed E-state index contributed by atoms with van der Waals surface area (Å²) in [7, 11) is 0. The van der Waals surface area contributed by atoms with Crippen LogP contribution in [0.25, 0.3) is 10.4 Å². The molecule has 140 valence electrons. The number of rotatable bonds is 4. The molecule has 1 N–H and O–H groups in total. The van der Waals surface area contributed by atoms with E-state index in [1.807, 2.05) is 31.3 Å². The first kappa shape index (κ1) is 17.9. The van der Waals surface area contributed by atoms with E-state index in [4.69, 9.17) is 9.47 Å².